The Morgan fingerprint density at radius 1 is 1.14 bits per heavy atom. The van der Waals surface area contributed by atoms with E-state index in [0.29, 0.717) is 10.8 Å². The lowest BCUT2D eigenvalue weighted by atomic mass is 9.93. The molecule has 3 aromatic rings. The molecule has 9 nitrogen and oxygen atoms in total. The lowest BCUT2D eigenvalue weighted by Gasteiger charge is -2.44. The van der Waals surface area contributed by atoms with Gasteiger partial charge in [0.25, 0.3) is 11.8 Å². The standard InChI is InChI=1S/C27H28ClN5O4/c1-27(26(36)30-14-18-7-3-4-9-21(18)28)15-32-16-31-22(23(32)25(35)33(27)19-10-11-19)24(34)29-13-17-6-5-8-20(12-17)37-2/h3-9,12,16,19H,10-11,13-15H2,1-2H3,(H,29,34)(H,30,36)/t27-/m0/s1. The normalized spacial score (nSPS) is 18.8. The van der Waals surface area contributed by atoms with Crippen LogP contribution in [0.25, 0.3) is 0 Å². The minimum absolute atomic E-state index is 0.0528. The largest absolute Gasteiger partial charge is 0.497 e. The third-order valence-corrected chi connectivity index (χ3v) is 7.24. The Kier molecular flexibility index (Phi) is 6.64. The Bertz CT molecular complexity index is 1370. The van der Waals surface area contributed by atoms with E-state index in [1.165, 1.54) is 6.33 Å². The highest BCUT2D eigenvalue weighted by atomic mass is 35.5. The Labute approximate surface area is 219 Å². The van der Waals surface area contributed by atoms with Gasteiger partial charge in [-0.25, -0.2) is 4.98 Å². The summed E-state index contributed by atoms with van der Waals surface area (Å²) in [5.74, 6) is -0.412. The molecule has 10 heteroatoms. The molecule has 5 rings (SSSR count). The molecule has 2 aliphatic rings. The summed E-state index contributed by atoms with van der Waals surface area (Å²) in [7, 11) is 1.58. The maximum absolute atomic E-state index is 13.8. The number of halogens is 1. The molecule has 1 fully saturated rings. The molecule has 0 radical (unpaired) electrons. The van der Waals surface area contributed by atoms with Gasteiger partial charge in [-0.05, 0) is 49.1 Å². The fourth-order valence-corrected chi connectivity index (χ4v) is 4.98. The van der Waals surface area contributed by atoms with Crippen LogP contribution >= 0.6 is 11.6 Å². The van der Waals surface area contributed by atoms with Gasteiger partial charge in [0.05, 0.1) is 20.0 Å². The van der Waals surface area contributed by atoms with Gasteiger partial charge in [0.2, 0.25) is 5.91 Å². The third-order valence-electron chi connectivity index (χ3n) is 6.87. The quantitative estimate of drug-likeness (QED) is 0.473. The van der Waals surface area contributed by atoms with Crippen LogP contribution in [0.3, 0.4) is 0 Å². The number of nitrogens with one attached hydrogen (secondary N) is 2. The van der Waals surface area contributed by atoms with E-state index in [1.807, 2.05) is 42.5 Å². The van der Waals surface area contributed by atoms with Crippen molar-refractivity contribution in [3.63, 3.8) is 0 Å². The van der Waals surface area contributed by atoms with E-state index in [4.69, 9.17) is 16.3 Å². The molecule has 1 atom stereocenters. The first kappa shape index (κ1) is 24.8. The third kappa shape index (κ3) is 4.79. The van der Waals surface area contributed by atoms with Gasteiger partial charge in [0.15, 0.2) is 5.69 Å². The lowest BCUT2D eigenvalue weighted by Crippen LogP contribution is -2.64. The van der Waals surface area contributed by atoms with Crippen molar-refractivity contribution in [2.75, 3.05) is 7.11 Å². The summed E-state index contributed by atoms with van der Waals surface area (Å²) in [5.41, 5.74) is 0.763. The predicted octanol–water partition coefficient (Wildman–Crippen LogP) is 3.17. The first-order valence-electron chi connectivity index (χ1n) is 12.1. The number of hydrogen-bond acceptors (Lipinski definition) is 5. The number of carbonyl (C=O) groups is 3. The van der Waals surface area contributed by atoms with Crippen molar-refractivity contribution in [2.45, 2.75) is 51.0 Å². The molecular weight excluding hydrogens is 494 g/mol. The van der Waals surface area contributed by atoms with Crippen molar-refractivity contribution < 1.29 is 19.1 Å². The second-order valence-corrected chi connectivity index (χ2v) is 9.97. The summed E-state index contributed by atoms with van der Waals surface area (Å²) in [6.07, 6.45) is 3.08. The van der Waals surface area contributed by atoms with E-state index in [2.05, 4.69) is 15.6 Å². The maximum Gasteiger partial charge on any atom is 0.274 e. The number of aromatic nitrogens is 2. The van der Waals surface area contributed by atoms with E-state index in [9.17, 15) is 14.4 Å². The van der Waals surface area contributed by atoms with Crippen LogP contribution in [0.2, 0.25) is 5.02 Å². The van der Waals surface area contributed by atoms with Gasteiger partial charge < -0.3 is 24.8 Å². The molecule has 192 valence electrons. The Morgan fingerprint density at radius 2 is 1.92 bits per heavy atom. The van der Waals surface area contributed by atoms with E-state index < -0.39 is 11.4 Å². The summed E-state index contributed by atoms with van der Waals surface area (Å²) in [6.45, 7) is 2.45. The van der Waals surface area contributed by atoms with Crippen LogP contribution in [0.4, 0.5) is 0 Å². The smallest absolute Gasteiger partial charge is 0.274 e. The number of amides is 3. The number of hydrogen-bond donors (Lipinski definition) is 2. The van der Waals surface area contributed by atoms with Crippen molar-refractivity contribution in [3.05, 3.63) is 82.4 Å². The van der Waals surface area contributed by atoms with Crippen molar-refractivity contribution in [1.82, 2.24) is 25.1 Å². The average molecular weight is 522 g/mol. The minimum Gasteiger partial charge on any atom is -0.497 e. The SMILES string of the molecule is COc1cccc(CNC(=O)c2ncn3c2C(=O)N(C2CC2)[C@](C)(C(=O)NCc2ccccc2Cl)C3)c1. The average Bonchev–Trinajstić information content (AvgIpc) is 3.64. The van der Waals surface area contributed by atoms with Crippen LogP contribution in [0, 0.1) is 0 Å². The van der Waals surface area contributed by atoms with Crippen molar-refractivity contribution in [3.8, 4) is 5.75 Å². The molecule has 0 bridgehead atoms. The maximum atomic E-state index is 13.8. The fourth-order valence-electron chi connectivity index (χ4n) is 4.78. The van der Waals surface area contributed by atoms with Crippen molar-refractivity contribution >= 4 is 29.3 Å². The highest BCUT2D eigenvalue weighted by molar-refractivity contribution is 6.31. The molecule has 1 aliphatic carbocycles. The van der Waals surface area contributed by atoms with Crippen LogP contribution in [0.15, 0.2) is 54.9 Å². The summed E-state index contributed by atoms with van der Waals surface area (Å²) < 4.78 is 6.84. The second-order valence-electron chi connectivity index (χ2n) is 9.56. The van der Waals surface area contributed by atoms with E-state index in [1.54, 1.807) is 29.6 Å². The number of methoxy groups -OCH3 is 1. The highest BCUT2D eigenvalue weighted by Crippen LogP contribution is 2.39. The monoisotopic (exact) mass is 521 g/mol. The van der Waals surface area contributed by atoms with Gasteiger partial charge in [0.1, 0.15) is 17.0 Å². The van der Waals surface area contributed by atoms with E-state index in [-0.39, 0.29) is 48.9 Å². The van der Waals surface area contributed by atoms with Crippen molar-refractivity contribution in [1.29, 1.82) is 0 Å². The number of carbonyl (C=O) groups excluding carboxylic acids is 3. The molecule has 0 spiro atoms. The Hall–Kier alpha value is -3.85. The Morgan fingerprint density at radius 3 is 2.65 bits per heavy atom. The zero-order chi connectivity index (χ0) is 26.2. The molecule has 2 heterocycles. The molecule has 1 saturated carbocycles. The molecule has 1 aliphatic heterocycles. The topological polar surface area (TPSA) is 106 Å². The summed E-state index contributed by atoms with van der Waals surface area (Å²) in [4.78, 5) is 46.2. The number of imidazole rings is 1. The number of fused-ring (bicyclic) bond motifs is 1. The van der Waals surface area contributed by atoms with Crippen molar-refractivity contribution in [2.24, 2.45) is 0 Å². The molecule has 2 aromatic carbocycles. The van der Waals surface area contributed by atoms with E-state index in [0.717, 1.165) is 24.0 Å². The number of benzene rings is 2. The van der Waals surface area contributed by atoms with Crippen LogP contribution in [-0.2, 0) is 24.4 Å². The number of nitrogens with zero attached hydrogens (tertiary/aromatic N) is 3. The zero-order valence-electron chi connectivity index (χ0n) is 20.7. The van der Waals surface area contributed by atoms with Gasteiger partial charge in [-0.3, -0.25) is 14.4 Å². The molecule has 37 heavy (non-hydrogen) atoms. The summed E-state index contributed by atoms with van der Waals surface area (Å²) in [6, 6.07) is 14.6. The minimum atomic E-state index is -1.14. The van der Waals surface area contributed by atoms with Crippen LogP contribution in [-0.4, -0.2) is 50.9 Å². The van der Waals surface area contributed by atoms with Gasteiger partial charge in [-0.15, -0.1) is 0 Å². The fraction of sp³-hybridized carbons (Fsp3) is 0.333. The molecule has 3 amide bonds. The highest BCUT2D eigenvalue weighted by Gasteiger charge is 2.53. The number of ether oxygens (including phenoxy) is 1. The number of rotatable bonds is 8. The van der Waals surface area contributed by atoms with Crippen LogP contribution < -0.4 is 15.4 Å². The molecular formula is C27H28ClN5O4. The summed E-state index contributed by atoms with van der Waals surface area (Å²) in [5, 5.41) is 6.35. The molecule has 0 saturated heterocycles. The van der Waals surface area contributed by atoms with Gasteiger partial charge in [-0.2, -0.15) is 0 Å². The second kappa shape index (κ2) is 9.89. The van der Waals surface area contributed by atoms with Gasteiger partial charge >= 0.3 is 0 Å². The molecule has 2 N–H and O–H groups in total. The zero-order valence-corrected chi connectivity index (χ0v) is 21.4. The first-order chi connectivity index (χ1) is 17.8. The summed E-state index contributed by atoms with van der Waals surface area (Å²) >= 11 is 6.25. The predicted molar refractivity (Wildman–Crippen MR) is 137 cm³/mol. The van der Waals surface area contributed by atoms with Gasteiger partial charge in [0, 0.05) is 24.2 Å². The lowest BCUT2D eigenvalue weighted by molar-refractivity contribution is -0.133. The molecule has 1 aromatic heterocycles. The first-order valence-corrected chi connectivity index (χ1v) is 12.5. The molecule has 0 unspecified atom stereocenters. The van der Waals surface area contributed by atoms with E-state index >= 15 is 0 Å². The van der Waals surface area contributed by atoms with Crippen LogP contribution in [0.5, 0.6) is 5.75 Å². The van der Waals surface area contributed by atoms with Crippen LogP contribution in [0.1, 0.15) is 51.9 Å². The van der Waals surface area contributed by atoms with Gasteiger partial charge in [-0.1, -0.05) is 41.9 Å². The Balaban J connectivity index is 1.36.